The lowest BCUT2D eigenvalue weighted by molar-refractivity contribution is 0.287. The summed E-state index contributed by atoms with van der Waals surface area (Å²) in [6.45, 7) is 0.417. The van der Waals surface area contributed by atoms with Gasteiger partial charge in [-0.2, -0.15) is 0 Å². The van der Waals surface area contributed by atoms with E-state index in [2.05, 4.69) is 0 Å². The summed E-state index contributed by atoms with van der Waals surface area (Å²) in [5.74, 6) is 0.566. The summed E-state index contributed by atoms with van der Waals surface area (Å²) in [4.78, 5) is 0. The zero-order valence-electron chi connectivity index (χ0n) is 10.1. The maximum absolute atomic E-state index is 13.0. The van der Waals surface area contributed by atoms with Crippen molar-refractivity contribution in [1.29, 1.82) is 0 Å². The first-order valence-electron chi connectivity index (χ1n) is 5.92. The molecule has 0 aliphatic heterocycles. The van der Waals surface area contributed by atoms with Gasteiger partial charge in [-0.25, -0.2) is 4.39 Å². The van der Waals surface area contributed by atoms with Crippen molar-refractivity contribution in [3.63, 3.8) is 0 Å². The Morgan fingerprint density at radius 3 is 2.56 bits per heavy atom. The molecule has 18 heavy (non-hydrogen) atoms. The molecule has 0 aliphatic carbocycles. The van der Waals surface area contributed by atoms with Crippen LogP contribution in [0.25, 0.3) is 0 Å². The van der Waals surface area contributed by atoms with E-state index in [0.29, 0.717) is 13.0 Å². The highest BCUT2D eigenvalue weighted by Gasteiger charge is 2.06. The third-order valence-corrected chi connectivity index (χ3v) is 2.59. The molecule has 0 radical (unpaired) electrons. The van der Waals surface area contributed by atoms with E-state index in [4.69, 9.17) is 10.5 Å². The minimum Gasteiger partial charge on any atom is -0.492 e. The Labute approximate surface area is 106 Å². The molecule has 0 fully saturated rings. The summed E-state index contributed by atoms with van der Waals surface area (Å²) in [6.07, 6.45) is 0.602. The maximum Gasteiger partial charge on any atom is 0.123 e. The molecule has 2 rings (SSSR count). The van der Waals surface area contributed by atoms with Crippen LogP contribution in [0.4, 0.5) is 4.39 Å². The van der Waals surface area contributed by atoms with Gasteiger partial charge in [0, 0.05) is 6.04 Å². The van der Waals surface area contributed by atoms with Gasteiger partial charge in [0.15, 0.2) is 0 Å². The monoisotopic (exact) mass is 245 g/mol. The first kappa shape index (κ1) is 12.6. The maximum atomic E-state index is 13.0. The molecular weight excluding hydrogens is 229 g/mol. The Hall–Kier alpha value is -1.87. The fourth-order valence-electron chi connectivity index (χ4n) is 1.75. The van der Waals surface area contributed by atoms with Gasteiger partial charge in [0.1, 0.15) is 18.2 Å². The summed E-state index contributed by atoms with van der Waals surface area (Å²) in [5, 5.41) is 0. The Bertz CT molecular complexity index is 487. The van der Waals surface area contributed by atoms with Gasteiger partial charge in [0.2, 0.25) is 0 Å². The molecule has 0 bridgehead atoms. The predicted molar refractivity (Wildman–Crippen MR) is 70.0 cm³/mol. The van der Waals surface area contributed by atoms with Gasteiger partial charge in [-0.3, -0.25) is 0 Å². The number of para-hydroxylation sites is 1. The van der Waals surface area contributed by atoms with Crippen LogP contribution in [0.5, 0.6) is 5.75 Å². The van der Waals surface area contributed by atoms with Crippen molar-refractivity contribution in [3.8, 4) is 5.75 Å². The summed E-state index contributed by atoms with van der Waals surface area (Å²) in [5.41, 5.74) is 6.84. The molecule has 0 heterocycles. The van der Waals surface area contributed by atoms with Crippen molar-refractivity contribution in [2.75, 3.05) is 6.61 Å². The largest absolute Gasteiger partial charge is 0.492 e. The Kier molecular flexibility index (Phi) is 4.31. The topological polar surface area (TPSA) is 35.2 Å². The Morgan fingerprint density at radius 1 is 1.06 bits per heavy atom. The molecule has 94 valence electrons. The first-order chi connectivity index (χ1) is 8.74. The normalized spacial score (nSPS) is 12.1. The number of benzene rings is 2. The number of halogens is 1. The number of hydrogen-bond donors (Lipinski definition) is 1. The fourth-order valence-corrected chi connectivity index (χ4v) is 1.75. The molecule has 1 unspecified atom stereocenters. The molecule has 0 spiro atoms. The minimum absolute atomic E-state index is 0.146. The van der Waals surface area contributed by atoms with E-state index in [1.165, 1.54) is 12.1 Å². The summed E-state index contributed by atoms with van der Waals surface area (Å²) in [6, 6.07) is 15.9. The summed E-state index contributed by atoms with van der Waals surface area (Å²) >= 11 is 0. The van der Waals surface area contributed by atoms with E-state index in [1.807, 2.05) is 36.4 Å². The second-order valence-electron chi connectivity index (χ2n) is 4.22. The van der Waals surface area contributed by atoms with E-state index in [9.17, 15) is 4.39 Å². The molecule has 0 aliphatic rings. The highest BCUT2D eigenvalue weighted by atomic mass is 19.1. The second kappa shape index (κ2) is 6.17. The minimum atomic E-state index is -0.233. The molecule has 1 atom stereocenters. The zero-order chi connectivity index (χ0) is 12.8. The van der Waals surface area contributed by atoms with Crippen molar-refractivity contribution < 1.29 is 9.13 Å². The van der Waals surface area contributed by atoms with Crippen LogP contribution in [0.1, 0.15) is 5.56 Å². The van der Waals surface area contributed by atoms with Gasteiger partial charge in [0.05, 0.1) is 0 Å². The molecule has 2 N–H and O–H groups in total. The molecule has 0 aromatic heterocycles. The van der Waals surface area contributed by atoms with Crippen molar-refractivity contribution in [3.05, 3.63) is 66.0 Å². The quantitative estimate of drug-likeness (QED) is 0.879. The summed E-state index contributed by atoms with van der Waals surface area (Å²) < 4.78 is 18.5. The average molecular weight is 245 g/mol. The van der Waals surface area contributed by atoms with Gasteiger partial charge < -0.3 is 10.5 Å². The smallest absolute Gasteiger partial charge is 0.123 e. The van der Waals surface area contributed by atoms with Crippen molar-refractivity contribution in [2.24, 2.45) is 5.73 Å². The molecular formula is C15H16FNO. The van der Waals surface area contributed by atoms with Gasteiger partial charge in [-0.15, -0.1) is 0 Å². The standard InChI is InChI=1S/C15H16FNO/c16-13-6-4-5-12(9-13)10-14(17)11-18-15-7-2-1-3-8-15/h1-9,14H,10-11,17H2. The molecule has 2 aromatic rings. The van der Waals surface area contributed by atoms with Crippen LogP contribution in [0.2, 0.25) is 0 Å². The third kappa shape index (κ3) is 3.86. The molecule has 0 amide bonds. The zero-order valence-corrected chi connectivity index (χ0v) is 10.1. The average Bonchev–Trinajstić information content (AvgIpc) is 2.38. The van der Waals surface area contributed by atoms with Crippen LogP contribution in [0.3, 0.4) is 0 Å². The molecule has 0 saturated heterocycles. The molecule has 3 heteroatoms. The van der Waals surface area contributed by atoms with Gasteiger partial charge in [0.25, 0.3) is 0 Å². The van der Waals surface area contributed by atoms with E-state index < -0.39 is 0 Å². The lowest BCUT2D eigenvalue weighted by Gasteiger charge is -2.13. The van der Waals surface area contributed by atoms with E-state index in [1.54, 1.807) is 6.07 Å². The predicted octanol–water partition coefficient (Wildman–Crippen LogP) is 2.77. The SMILES string of the molecule is NC(COc1ccccc1)Cc1cccc(F)c1. The molecule has 0 saturated carbocycles. The number of hydrogen-bond acceptors (Lipinski definition) is 2. The Morgan fingerprint density at radius 2 is 1.83 bits per heavy atom. The van der Waals surface area contributed by atoms with Crippen LogP contribution in [0.15, 0.2) is 54.6 Å². The fraction of sp³-hybridized carbons (Fsp3) is 0.200. The highest BCUT2D eigenvalue weighted by molar-refractivity contribution is 5.21. The summed E-state index contributed by atoms with van der Waals surface area (Å²) in [7, 11) is 0. The highest BCUT2D eigenvalue weighted by Crippen LogP contribution is 2.10. The number of nitrogens with two attached hydrogens (primary N) is 1. The van der Waals surface area contributed by atoms with Gasteiger partial charge in [-0.05, 0) is 36.2 Å². The van der Waals surface area contributed by atoms with Crippen LogP contribution in [-0.2, 0) is 6.42 Å². The molecule has 2 nitrogen and oxygen atoms in total. The lowest BCUT2D eigenvalue weighted by atomic mass is 10.1. The van der Waals surface area contributed by atoms with E-state index >= 15 is 0 Å². The van der Waals surface area contributed by atoms with Crippen molar-refractivity contribution in [2.45, 2.75) is 12.5 Å². The van der Waals surface area contributed by atoms with Crippen LogP contribution >= 0.6 is 0 Å². The lowest BCUT2D eigenvalue weighted by Crippen LogP contribution is -2.30. The van der Waals surface area contributed by atoms with Crippen LogP contribution in [-0.4, -0.2) is 12.6 Å². The van der Waals surface area contributed by atoms with Crippen molar-refractivity contribution in [1.82, 2.24) is 0 Å². The van der Waals surface area contributed by atoms with E-state index in [0.717, 1.165) is 11.3 Å². The van der Waals surface area contributed by atoms with Crippen LogP contribution in [0, 0.1) is 5.82 Å². The first-order valence-corrected chi connectivity index (χ1v) is 5.92. The number of ether oxygens (including phenoxy) is 1. The van der Waals surface area contributed by atoms with Crippen LogP contribution < -0.4 is 10.5 Å². The second-order valence-corrected chi connectivity index (χ2v) is 4.22. The van der Waals surface area contributed by atoms with Crippen molar-refractivity contribution >= 4 is 0 Å². The molecule has 2 aromatic carbocycles. The number of rotatable bonds is 5. The third-order valence-electron chi connectivity index (χ3n) is 2.59. The van der Waals surface area contributed by atoms with Gasteiger partial charge >= 0.3 is 0 Å². The Balaban J connectivity index is 1.84. The van der Waals surface area contributed by atoms with Gasteiger partial charge in [-0.1, -0.05) is 30.3 Å². The van der Waals surface area contributed by atoms with E-state index in [-0.39, 0.29) is 11.9 Å².